The zero-order valence-electron chi connectivity index (χ0n) is 14.9. The summed E-state index contributed by atoms with van der Waals surface area (Å²) in [6.45, 7) is 0.424. The van der Waals surface area contributed by atoms with Crippen LogP contribution in [0.4, 0.5) is 19.0 Å². The smallest absolute Gasteiger partial charge is 0.223 e. The average Bonchev–Trinajstić information content (AvgIpc) is 3.04. The number of aromatic nitrogens is 2. The summed E-state index contributed by atoms with van der Waals surface area (Å²) in [5.74, 6) is -4.06. The molecule has 0 radical (unpaired) electrons. The number of fused-ring (bicyclic) bond motifs is 1. The third-order valence-corrected chi connectivity index (χ3v) is 5.60. The number of hydrogen-bond acceptors (Lipinski definition) is 6. The maximum absolute atomic E-state index is 13.9. The molecule has 1 saturated heterocycles. The van der Waals surface area contributed by atoms with E-state index in [0.29, 0.717) is 18.7 Å². The summed E-state index contributed by atoms with van der Waals surface area (Å²) < 4.78 is 72.2. The first-order valence-electron chi connectivity index (χ1n) is 8.64. The second-order valence-corrected chi connectivity index (χ2v) is 8.65. The van der Waals surface area contributed by atoms with Gasteiger partial charge in [0.1, 0.15) is 24.3 Å². The zero-order chi connectivity index (χ0) is 20.1. The topological polar surface area (TPSA) is 85.6 Å². The fourth-order valence-electron chi connectivity index (χ4n) is 3.36. The number of anilines is 1. The van der Waals surface area contributed by atoms with Crippen molar-refractivity contribution in [2.75, 3.05) is 18.2 Å². The van der Waals surface area contributed by atoms with Crippen molar-refractivity contribution >= 4 is 20.8 Å². The number of amidine groups is 1. The van der Waals surface area contributed by atoms with Gasteiger partial charge in [0.25, 0.3) is 0 Å². The van der Waals surface area contributed by atoms with E-state index in [-0.39, 0.29) is 28.8 Å². The first-order chi connectivity index (χ1) is 13.3. The first-order valence-corrected chi connectivity index (χ1v) is 10.5. The van der Waals surface area contributed by atoms with Gasteiger partial charge in [0.15, 0.2) is 17.5 Å². The van der Waals surface area contributed by atoms with Gasteiger partial charge in [-0.25, -0.2) is 31.3 Å². The Hall–Kier alpha value is -2.40. The van der Waals surface area contributed by atoms with Crippen LogP contribution in [0.5, 0.6) is 0 Å². The van der Waals surface area contributed by atoms with Gasteiger partial charge >= 0.3 is 0 Å². The van der Waals surface area contributed by atoms with E-state index in [4.69, 9.17) is 4.74 Å². The van der Waals surface area contributed by atoms with Crippen LogP contribution in [0.3, 0.4) is 0 Å². The second kappa shape index (κ2) is 6.89. The second-order valence-electron chi connectivity index (χ2n) is 6.72. The number of rotatable bonds is 2. The van der Waals surface area contributed by atoms with Gasteiger partial charge in [0, 0.05) is 12.9 Å². The van der Waals surface area contributed by atoms with Crippen LogP contribution >= 0.6 is 0 Å². The van der Waals surface area contributed by atoms with Crippen molar-refractivity contribution in [1.29, 1.82) is 0 Å². The highest BCUT2D eigenvalue weighted by Crippen LogP contribution is 2.41. The Labute approximate surface area is 159 Å². The lowest BCUT2D eigenvalue weighted by molar-refractivity contribution is 0.0123. The molecule has 1 fully saturated rings. The zero-order valence-corrected chi connectivity index (χ0v) is 15.7. The van der Waals surface area contributed by atoms with E-state index in [2.05, 4.69) is 15.4 Å². The van der Waals surface area contributed by atoms with Crippen LogP contribution in [0, 0.1) is 17.5 Å². The largest absolute Gasteiger partial charge is 0.372 e. The molecule has 0 bridgehead atoms. The fraction of sp³-hybridized carbons (Fsp3) is 0.412. The third kappa shape index (κ3) is 3.28. The highest BCUT2D eigenvalue weighted by molar-refractivity contribution is 8.06. The molecule has 0 aliphatic carbocycles. The molecule has 0 spiro atoms. The van der Waals surface area contributed by atoms with Crippen molar-refractivity contribution in [2.24, 2.45) is 4.99 Å². The summed E-state index contributed by atoms with van der Waals surface area (Å²) in [6.07, 6.45) is 2.99. The van der Waals surface area contributed by atoms with E-state index in [1.807, 2.05) is 0 Å². The molecule has 11 heteroatoms. The standard InChI is InChI=1S/C17H17F3N4O3S/c1-28(25,26)17-21-8-24-16(22-17)13(9-6-10(18)14(20)11(19)7-9)15(23-24)12-4-2-3-5-27-12/h6-7,12H,2-5,8H2,1H3,(H,21,22). The number of nitrogens with zero attached hydrogens (tertiary/aromatic N) is 3. The van der Waals surface area contributed by atoms with Crippen molar-refractivity contribution in [2.45, 2.75) is 32.0 Å². The molecule has 150 valence electrons. The lowest BCUT2D eigenvalue weighted by Gasteiger charge is -2.22. The number of benzene rings is 1. The fourth-order valence-corrected chi connectivity index (χ4v) is 3.93. The number of nitrogens with one attached hydrogen (secondary N) is 1. The minimum Gasteiger partial charge on any atom is -0.372 e. The molecule has 2 aliphatic heterocycles. The van der Waals surface area contributed by atoms with Gasteiger partial charge in [-0.3, -0.25) is 0 Å². The predicted molar refractivity (Wildman–Crippen MR) is 96.0 cm³/mol. The number of hydrogen-bond donors (Lipinski definition) is 1. The molecule has 2 aliphatic rings. The van der Waals surface area contributed by atoms with E-state index in [1.165, 1.54) is 4.68 Å². The average molecular weight is 414 g/mol. The maximum atomic E-state index is 13.9. The van der Waals surface area contributed by atoms with Crippen LogP contribution in [0.2, 0.25) is 0 Å². The van der Waals surface area contributed by atoms with E-state index in [1.54, 1.807) is 0 Å². The Balaban J connectivity index is 1.89. The number of aliphatic imine (C=N–C) groups is 1. The molecule has 3 heterocycles. The van der Waals surface area contributed by atoms with Gasteiger partial charge in [0.05, 0.1) is 5.56 Å². The molecular formula is C17H17F3N4O3S. The summed E-state index contributed by atoms with van der Waals surface area (Å²) in [5.41, 5.74) is 0.697. The number of halogens is 3. The number of ether oxygens (including phenoxy) is 1. The van der Waals surface area contributed by atoms with Crippen LogP contribution < -0.4 is 5.32 Å². The molecule has 7 nitrogen and oxygen atoms in total. The molecule has 1 unspecified atom stereocenters. The summed E-state index contributed by atoms with van der Waals surface area (Å²) >= 11 is 0. The van der Waals surface area contributed by atoms with Gasteiger partial charge in [-0.15, -0.1) is 0 Å². The van der Waals surface area contributed by atoms with Crippen LogP contribution in [0.1, 0.15) is 31.1 Å². The summed E-state index contributed by atoms with van der Waals surface area (Å²) in [7, 11) is -3.65. The van der Waals surface area contributed by atoms with Crippen LogP contribution in [-0.2, 0) is 21.2 Å². The SMILES string of the molecule is CS(=O)(=O)C1=NCn2nc(C3CCCCO3)c(-c3cc(F)c(F)c(F)c3)c2N1. The highest BCUT2D eigenvalue weighted by atomic mass is 32.2. The van der Waals surface area contributed by atoms with E-state index >= 15 is 0 Å². The van der Waals surface area contributed by atoms with Crippen molar-refractivity contribution in [3.05, 3.63) is 35.3 Å². The monoisotopic (exact) mass is 414 g/mol. The summed E-state index contributed by atoms with van der Waals surface area (Å²) in [5, 5.41) is 6.85. The van der Waals surface area contributed by atoms with E-state index < -0.39 is 33.4 Å². The first kappa shape index (κ1) is 18.9. The normalized spacial score (nSPS) is 19.7. The van der Waals surface area contributed by atoms with Gasteiger partial charge in [-0.2, -0.15) is 5.10 Å². The van der Waals surface area contributed by atoms with Crippen molar-refractivity contribution in [3.8, 4) is 11.1 Å². The molecule has 1 aromatic carbocycles. The molecule has 4 rings (SSSR count). The van der Waals surface area contributed by atoms with Gasteiger partial charge in [-0.05, 0) is 37.0 Å². The predicted octanol–water partition coefficient (Wildman–Crippen LogP) is 2.99. The Bertz CT molecular complexity index is 1050. The van der Waals surface area contributed by atoms with E-state index in [9.17, 15) is 21.6 Å². The summed E-state index contributed by atoms with van der Waals surface area (Å²) in [6, 6.07) is 1.71. The highest BCUT2D eigenvalue weighted by Gasteiger charge is 2.32. The van der Waals surface area contributed by atoms with Crippen molar-refractivity contribution < 1.29 is 26.3 Å². The molecule has 0 amide bonds. The third-order valence-electron chi connectivity index (χ3n) is 4.66. The Morgan fingerprint density at radius 2 is 1.93 bits per heavy atom. The van der Waals surface area contributed by atoms with Crippen LogP contribution in [-0.4, -0.2) is 36.2 Å². The Morgan fingerprint density at radius 3 is 2.54 bits per heavy atom. The Morgan fingerprint density at radius 1 is 1.21 bits per heavy atom. The number of sulfone groups is 1. The van der Waals surface area contributed by atoms with Crippen LogP contribution in [0.15, 0.2) is 17.1 Å². The summed E-state index contributed by atoms with van der Waals surface area (Å²) in [4.78, 5) is 3.95. The lowest BCUT2D eigenvalue weighted by Crippen LogP contribution is -2.28. The molecule has 28 heavy (non-hydrogen) atoms. The lowest BCUT2D eigenvalue weighted by atomic mass is 9.98. The quantitative estimate of drug-likeness (QED) is 0.764. The minimum atomic E-state index is -3.65. The molecule has 2 aromatic rings. The van der Waals surface area contributed by atoms with Gasteiger partial charge < -0.3 is 10.1 Å². The molecule has 1 aromatic heterocycles. The minimum absolute atomic E-state index is 0.0316. The van der Waals surface area contributed by atoms with Crippen molar-refractivity contribution in [1.82, 2.24) is 9.78 Å². The maximum Gasteiger partial charge on any atom is 0.223 e. The van der Waals surface area contributed by atoms with Crippen molar-refractivity contribution in [3.63, 3.8) is 0 Å². The van der Waals surface area contributed by atoms with Gasteiger partial charge in [-0.1, -0.05) is 0 Å². The molecule has 1 atom stereocenters. The van der Waals surface area contributed by atoms with Gasteiger partial charge in [0.2, 0.25) is 15.0 Å². The Kier molecular flexibility index (Phi) is 4.66. The molecular weight excluding hydrogens is 397 g/mol. The molecule has 0 saturated carbocycles. The molecule has 1 N–H and O–H groups in total. The van der Waals surface area contributed by atoms with E-state index in [0.717, 1.165) is 31.2 Å². The van der Waals surface area contributed by atoms with Crippen LogP contribution in [0.25, 0.3) is 11.1 Å².